The minimum absolute atomic E-state index is 0.693. The fourth-order valence-electron chi connectivity index (χ4n) is 1.85. The molecule has 10 heavy (non-hydrogen) atoms. The predicted molar refractivity (Wildman–Crippen MR) is 46.7 cm³/mol. The quantitative estimate of drug-likeness (QED) is 0.523. The van der Waals surface area contributed by atoms with Gasteiger partial charge in [0.05, 0.1) is 11.1 Å². The van der Waals surface area contributed by atoms with Crippen molar-refractivity contribution in [1.82, 2.24) is 0 Å². The summed E-state index contributed by atoms with van der Waals surface area (Å²) < 4.78 is 0. The predicted octanol–water partition coefficient (Wildman–Crippen LogP) is 2.46. The molecule has 2 atom stereocenters. The molecule has 0 amide bonds. The molecule has 2 rings (SSSR count). The first kappa shape index (κ1) is 6.71. The Labute approximate surface area is 66.3 Å². The summed E-state index contributed by atoms with van der Waals surface area (Å²) in [6.07, 6.45) is 5.57. The summed E-state index contributed by atoms with van der Waals surface area (Å²) in [6.45, 7) is 2.14. The Kier molecular flexibility index (Phi) is 1.73. The van der Waals surface area contributed by atoms with E-state index in [0.29, 0.717) is 6.04 Å². The molecule has 0 saturated heterocycles. The SMILES string of the molecule is CC1=N[C@@H]2CCCC[C@H]2S1. The third kappa shape index (κ3) is 1.09. The van der Waals surface area contributed by atoms with Crippen molar-refractivity contribution >= 4 is 16.8 Å². The second-order valence-electron chi connectivity index (χ2n) is 3.16. The van der Waals surface area contributed by atoms with Crippen LogP contribution in [0.25, 0.3) is 0 Å². The fraction of sp³-hybridized carbons (Fsp3) is 0.875. The molecule has 0 aromatic heterocycles. The molecule has 0 unspecified atom stereocenters. The zero-order chi connectivity index (χ0) is 6.97. The van der Waals surface area contributed by atoms with E-state index in [9.17, 15) is 0 Å². The number of nitrogens with zero attached hydrogens (tertiary/aromatic N) is 1. The van der Waals surface area contributed by atoms with Crippen molar-refractivity contribution in [2.75, 3.05) is 0 Å². The fourth-order valence-corrected chi connectivity index (χ4v) is 3.12. The topological polar surface area (TPSA) is 12.4 Å². The molecule has 0 aromatic carbocycles. The average molecular weight is 155 g/mol. The molecule has 1 nitrogen and oxygen atoms in total. The molecule has 1 aliphatic carbocycles. The van der Waals surface area contributed by atoms with Gasteiger partial charge in [-0.2, -0.15) is 0 Å². The molecular formula is C8H13NS. The van der Waals surface area contributed by atoms with Crippen LogP contribution in [0.2, 0.25) is 0 Å². The van der Waals surface area contributed by atoms with Gasteiger partial charge in [-0.05, 0) is 19.8 Å². The Morgan fingerprint density at radius 1 is 1.40 bits per heavy atom. The van der Waals surface area contributed by atoms with Gasteiger partial charge in [0.2, 0.25) is 0 Å². The molecule has 0 N–H and O–H groups in total. The van der Waals surface area contributed by atoms with Crippen LogP contribution in [-0.2, 0) is 0 Å². The molecule has 2 heteroatoms. The highest BCUT2D eigenvalue weighted by Crippen LogP contribution is 2.36. The molecule has 0 aromatic rings. The minimum Gasteiger partial charge on any atom is -0.279 e. The molecule has 0 radical (unpaired) electrons. The molecule has 1 aliphatic heterocycles. The van der Waals surface area contributed by atoms with E-state index < -0.39 is 0 Å². The molecule has 0 bridgehead atoms. The Morgan fingerprint density at radius 2 is 2.20 bits per heavy atom. The van der Waals surface area contributed by atoms with Crippen molar-refractivity contribution in [2.24, 2.45) is 4.99 Å². The second kappa shape index (κ2) is 2.57. The third-order valence-corrected chi connectivity index (χ3v) is 3.64. The molecular weight excluding hydrogens is 142 g/mol. The average Bonchev–Trinajstić information content (AvgIpc) is 2.27. The van der Waals surface area contributed by atoms with E-state index in [1.54, 1.807) is 0 Å². The van der Waals surface area contributed by atoms with Crippen LogP contribution in [0.4, 0.5) is 0 Å². The van der Waals surface area contributed by atoms with E-state index in [2.05, 4.69) is 11.9 Å². The van der Waals surface area contributed by atoms with Gasteiger partial charge < -0.3 is 0 Å². The summed E-state index contributed by atoms with van der Waals surface area (Å²) in [5.41, 5.74) is 0. The summed E-state index contributed by atoms with van der Waals surface area (Å²) in [5.74, 6) is 0. The van der Waals surface area contributed by atoms with Crippen LogP contribution < -0.4 is 0 Å². The van der Waals surface area contributed by atoms with Gasteiger partial charge in [0, 0.05) is 5.25 Å². The zero-order valence-corrected chi connectivity index (χ0v) is 7.16. The number of aliphatic imine (C=N–C) groups is 1. The molecule has 1 fully saturated rings. The second-order valence-corrected chi connectivity index (χ2v) is 4.59. The summed E-state index contributed by atoms with van der Waals surface area (Å²) in [4.78, 5) is 4.59. The number of hydrogen-bond acceptors (Lipinski definition) is 2. The lowest BCUT2D eigenvalue weighted by Crippen LogP contribution is -2.21. The highest BCUT2D eigenvalue weighted by Gasteiger charge is 2.30. The van der Waals surface area contributed by atoms with Crippen LogP contribution in [0.5, 0.6) is 0 Å². The van der Waals surface area contributed by atoms with E-state index in [4.69, 9.17) is 0 Å². The highest BCUT2D eigenvalue weighted by atomic mass is 32.2. The van der Waals surface area contributed by atoms with Gasteiger partial charge in [-0.15, -0.1) is 11.8 Å². The summed E-state index contributed by atoms with van der Waals surface area (Å²) in [7, 11) is 0. The van der Waals surface area contributed by atoms with Gasteiger partial charge in [0.15, 0.2) is 0 Å². The normalized spacial score (nSPS) is 39.1. The first-order valence-corrected chi connectivity index (χ1v) is 4.95. The Hall–Kier alpha value is 0.0200. The van der Waals surface area contributed by atoms with Crippen LogP contribution in [-0.4, -0.2) is 16.3 Å². The standard InChI is InChI=1S/C8H13NS/c1-6-9-7-4-2-3-5-8(7)10-6/h7-8H,2-5H2,1H3/t7-,8-/m1/s1. The number of fused-ring (bicyclic) bond motifs is 1. The molecule has 1 heterocycles. The smallest absolute Gasteiger partial charge is 0.0652 e. The summed E-state index contributed by atoms with van der Waals surface area (Å²) in [5, 5.41) is 2.17. The molecule has 2 aliphatic rings. The van der Waals surface area contributed by atoms with E-state index in [-0.39, 0.29) is 0 Å². The Morgan fingerprint density at radius 3 is 3.00 bits per heavy atom. The minimum atomic E-state index is 0.693. The van der Waals surface area contributed by atoms with Gasteiger partial charge >= 0.3 is 0 Å². The molecule has 0 spiro atoms. The van der Waals surface area contributed by atoms with Crippen molar-refractivity contribution in [1.29, 1.82) is 0 Å². The first-order valence-electron chi connectivity index (χ1n) is 4.07. The van der Waals surface area contributed by atoms with Crippen molar-refractivity contribution < 1.29 is 0 Å². The Balaban J connectivity index is 2.06. The van der Waals surface area contributed by atoms with E-state index in [0.717, 1.165) is 5.25 Å². The van der Waals surface area contributed by atoms with Crippen molar-refractivity contribution in [2.45, 2.75) is 43.9 Å². The van der Waals surface area contributed by atoms with E-state index >= 15 is 0 Å². The lowest BCUT2D eigenvalue weighted by atomic mass is 9.95. The first-order chi connectivity index (χ1) is 4.86. The van der Waals surface area contributed by atoms with Crippen molar-refractivity contribution in [3.8, 4) is 0 Å². The lowest BCUT2D eigenvalue weighted by Gasteiger charge is -2.21. The van der Waals surface area contributed by atoms with Crippen LogP contribution in [0.15, 0.2) is 4.99 Å². The van der Waals surface area contributed by atoms with Crippen LogP contribution in [0, 0.1) is 0 Å². The molecule has 56 valence electrons. The monoisotopic (exact) mass is 155 g/mol. The van der Waals surface area contributed by atoms with E-state index in [1.807, 2.05) is 11.8 Å². The Bertz CT molecular complexity index is 165. The highest BCUT2D eigenvalue weighted by molar-refractivity contribution is 8.14. The lowest BCUT2D eigenvalue weighted by molar-refractivity contribution is 0.462. The third-order valence-electron chi connectivity index (χ3n) is 2.34. The summed E-state index contributed by atoms with van der Waals surface area (Å²) >= 11 is 2.00. The van der Waals surface area contributed by atoms with E-state index in [1.165, 1.54) is 30.7 Å². The van der Waals surface area contributed by atoms with Crippen molar-refractivity contribution in [3.05, 3.63) is 0 Å². The largest absolute Gasteiger partial charge is 0.279 e. The van der Waals surface area contributed by atoms with Gasteiger partial charge in [0.25, 0.3) is 0 Å². The maximum atomic E-state index is 4.59. The van der Waals surface area contributed by atoms with Gasteiger partial charge in [0.1, 0.15) is 0 Å². The van der Waals surface area contributed by atoms with Gasteiger partial charge in [-0.25, -0.2) is 0 Å². The van der Waals surface area contributed by atoms with Gasteiger partial charge in [-0.3, -0.25) is 4.99 Å². The maximum Gasteiger partial charge on any atom is 0.0652 e. The number of rotatable bonds is 0. The maximum absolute atomic E-state index is 4.59. The zero-order valence-electron chi connectivity index (χ0n) is 6.34. The van der Waals surface area contributed by atoms with Crippen LogP contribution in [0.3, 0.4) is 0 Å². The van der Waals surface area contributed by atoms with Crippen LogP contribution in [0.1, 0.15) is 32.6 Å². The van der Waals surface area contributed by atoms with Crippen LogP contribution >= 0.6 is 11.8 Å². The number of thioether (sulfide) groups is 1. The number of hydrogen-bond donors (Lipinski definition) is 0. The van der Waals surface area contributed by atoms with Crippen molar-refractivity contribution in [3.63, 3.8) is 0 Å². The summed E-state index contributed by atoms with van der Waals surface area (Å²) in [6, 6.07) is 0.693. The van der Waals surface area contributed by atoms with Gasteiger partial charge in [-0.1, -0.05) is 12.8 Å². The molecule has 1 saturated carbocycles.